The van der Waals surface area contributed by atoms with Gasteiger partial charge in [-0.05, 0) is 0 Å². The standard InChI is InChI=1S/C13H18N4O2S/c1-19-11-2-3-14-13(15-11)17-8-10(9-17)12(18)16-4-6-20-7-5-16/h2-3,10H,4-9H2,1H3. The van der Waals surface area contributed by atoms with E-state index in [1.807, 2.05) is 21.6 Å². The quantitative estimate of drug-likeness (QED) is 0.809. The van der Waals surface area contributed by atoms with Crippen LogP contribution in [0.15, 0.2) is 12.3 Å². The molecule has 0 bridgehead atoms. The number of rotatable bonds is 3. The molecule has 3 heterocycles. The molecule has 0 aliphatic carbocycles. The summed E-state index contributed by atoms with van der Waals surface area (Å²) in [7, 11) is 1.59. The molecule has 0 aromatic carbocycles. The SMILES string of the molecule is COc1ccnc(N2CC(C(=O)N3CCSCC3)C2)n1. The number of hydrogen-bond acceptors (Lipinski definition) is 6. The average Bonchev–Trinajstić information content (AvgIpc) is 2.47. The van der Waals surface area contributed by atoms with E-state index in [1.165, 1.54) is 0 Å². The van der Waals surface area contributed by atoms with Crippen LogP contribution in [0.5, 0.6) is 5.88 Å². The third-order valence-corrected chi connectivity index (χ3v) is 4.61. The number of anilines is 1. The molecule has 3 rings (SSSR count). The van der Waals surface area contributed by atoms with E-state index in [2.05, 4.69) is 9.97 Å². The van der Waals surface area contributed by atoms with Crippen LogP contribution in [0.3, 0.4) is 0 Å². The fourth-order valence-electron chi connectivity index (χ4n) is 2.44. The van der Waals surface area contributed by atoms with E-state index in [0.717, 1.165) is 24.6 Å². The van der Waals surface area contributed by atoms with E-state index in [-0.39, 0.29) is 11.8 Å². The van der Waals surface area contributed by atoms with Crippen molar-refractivity contribution in [1.29, 1.82) is 0 Å². The molecule has 1 amide bonds. The highest BCUT2D eigenvalue weighted by atomic mass is 32.2. The number of ether oxygens (including phenoxy) is 1. The molecule has 2 aliphatic heterocycles. The molecule has 2 saturated heterocycles. The second kappa shape index (κ2) is 5.87. The highest BCUT2D eigenvalue weighted by Crippen LogP contribution is 2.24. The number of amides is 1. The molecule has 108 valence electrons. The van der Waals surface area contributed by atoms with E-state index in [1.54, 1.807) is 19.4 Å². The largest absolute Gasteiger partial charge is 0.481 e. The molecule has 1 aromatic rings. The van der Waals surface area contributed by atoms with Gasteiger partial charge in [0, 0.05) is 49.9 Å². The lowest BCUT2D eigenvalue weighted by atomic mass is 9.99. The summed E-state index contributed by atoms with van der Waals surface area (Å²) in [5.74, 6) is 3.68. The van der Waals surface area contributed by atoms with Gasteiger partial charge in [0.05, 0.1) is 13.0 Å². The Morgan fingerprint density at radius 2 is 2.15 bits per heavy atom. The molecule has 0 radical (unpaired) electrons. The molecule has 0 atom stereocenters. The summed E-state index contributed by atoms with van der Waals surface area (Å²) < 4.78 is 5.09. The van der Waals surface area contributed by atoms with Gasteiger partial charge in [-0.25, -0.2) is 4.98 Å². The van der Waals surface area contributed by atoms with Gasteiger partial charge < -0.3 is 14.5 Å². The minimum absolute atomic E-state index is 0.0906. The van der Waals surface area contributed by atoms with Gasteiger partial charge in [-0.2, -0.15) is 16.7 Å². The molecule has 0 unspecified atom stereocenters. The van der Waals surface area contributed by atoms with Crippen LogP contribution in [0.4, 0.5) is 5.95 Å². The van der Waals surface area contributed by atoms with Gasteiger partial charge in [-0.1, -0.05) is 0 Å². The number of nitrogens with zero attached hydrogens (tertiary/aromatic N) is 4. The minimum Gasteiger partial charge on any atom is -0.481 e. The van der Waals surface area contributed by atoms with Crippen LogP contribution in [0, 0.1) is 5.92 Å². The van der Waals surface area contributed by atoms with Crippen LogP contribution in [0.1, 0.15) is 0 Å². The number of methoxy groups -OCH3 is 1. The summed E-state index contributed by atoms with van der Waals surface area (Å²) >= 11 is 1.92. The lowest BCUT2D eigenvalue weighted by Crippen LogP contribution is -2.56. The summed E-state index contributed by atoms with van der Waals surface area (Å²) in [5.41, 5.74) is 0. The Balaban J connectivity index is 1.56. The van der Waals surface area contributed by atoms with Crippen LogP contribution < -0.4 is 9.64 Å². The Morgan fingerprint density at radius 1 is 1.40 bits per heavy atom. The molecular weight excluding hydrogens is 276 g/mol. The lowest BCUT2D eigenvalue weighted by molar-refractivity contribution is -0.135. The summed E-state index contributed by atoms with van der Waals surface area (Å²) in [6, 6.07) is 1.72. The lowest BCUT2D eigenvalue weighted by Gasteiger charge is -2.41. The highest BCUT2D eigenvalue weighted by Gasteiger charge is 2.37. The van der Waals surface area contributed by atoms with Crippen LogP contribution in [-0.4, -0.2) is 65.6 Å². The van der Waals surface area contributed by atoms with Crippen LogP contribution in [0.25, 0.3) is 0 Å². The molecule has 0 spiro atoms. The van der Waals surface area contributed by atoms with E-state index in [0.29, 0.717) is 24.9 Å². The minimum atomic E-state index is 0.0906. The fourth-order valence-corrected chi connectivity index (χ4v) is 3.34. The van der Waals surface area contributed by atoms with Crippen molar-refractivity contribution in [3.8, 4) is 5.88 Å². The first-order chi connectivity index (χ1) is 9.78. The Kier molecular flexibility index (Phi) is 3.95. The summed E-state index contributed by atoms with van der Waals surface area (Å²) in [5, 5.41) is 0. The van der Waals surface area contributed by atoms with Gasteiger partial charge in [0.2, 0.25) is 17.7 Å². The maximum atomic E-state index is 12.3. The molecule has 2 fully saturated rings. The summed E-state index contributed by atoms with van der Waals surface area (Å²) in [6.45, 7) is 3.18. The van der Waals surface area contributed by atoms with Crippen molar-refractivity contribution in [2.24, 2.45) is 5.92 Å². The number of aromatic nitrogens is 2. The smallest absolute Gasteiger partial charge is 0.229 e. The van der Waals surface area contributed by atoms with Crippen molar-refractivity contribution in [2.45, 2.75) is 0 Å². The number of carbonyl (C=O) groups is 1. The zero-order valence-electron chi connectivity index (χ0n) is 11.5. The van der Waals surface area contributed by atoms with Crippen LogP contribution in [0.2, 0.25) is 0 Å². The average molecular weight is 294 g/mol. The van der Waals surface area contributed by atoms with Crippen molar-refractivity contribution in [1.82, 2.24) is 14.9 Å². The molecule has 20 heavy (non-hydrogen) atoms. The monoisotopic (exact) mass is 294 g/mol. The number of carbonyl (C=O) groups excluding carboxylic acids is 1. The Bertz CT molecular complexity index is 487. The first-order valence-corrected chi connectivity index (χ1v) is 7.92. The zero-order chi connectivity index (χ0) is 13.9. The van der Waals surface area contributed by atoms with Crippen LogP contribution >= 0.6 is 11.8 Å². The van der Waals surface area contributed by atoms with E-state index < -0.39 is 0 Å². The van der Waals surface area contributed by atoms with E-state index >= 15 is 0 Å². The van der Waals surface area contributed by atoms with Gasteiger partial charge in [0.25, 0.3) is 0 Å². The first kappa shape index (κ1) is 13.5. The van der Waals surface area contributed by atoms with Gasteiger partial charge in [0.15, 0.2) is 0 Å². The Morgan fingerprint density at radius 3 is 2.85 bits per heavy atom. The van der Waals surface area contributed by atoms with E-state index in [9.17, 15) is 4.79 Å². The summed E-state index contributed by atoms with van der Waals surface area (Å²) in [4.78, 5) is 24.8. The van der Waals surface area contributed by atoms with Gasteiger partial charge >= 0.3 is 0 Å². The summed E-state index contributed by atoms with van der Waals surface area (Å²) in [6.07, 6.45) is 1.68. The van der Waals surface area contributed by atoms with Crippen molar-refractivity contribution < 1.29 is 9.53 Å². The Hall–Kier alpha value is -1.50. The van der Waals surface area contributed by atoms with Gasteiger partial charge in [0.1, 0.15) is 0 Å². The zero-order valence-corrected chi connectivity index (χ0v) is 12.3. The second-order valence-corrected chi connectivity index (χ2v) is 6.16. The molecule has 1 aromatic heterocycles. The van der Waals surface area contributed by atoms with Crippen molar-refractivity contribution in [2.75, 3.05) is 49.7 Å². The molecule has 6 nitrogen and oxygen atoms in total. The van der Waals surface area contributed by atoms with Gasteiger partial charge in [-0.15, -0.1) is 0 Å². The molecule has 0 N–H and O–H groups in total. The first-order valence-electron chi connectivity index (χ1n) is 6.76. The van der Waals surface area contributed by atoms with Crippen molar-refractivity contribution in [3.05, 3.63) is 12.3 Å². The molecular formula is C13H18N4O2S. The van der Waals surface area contributed by atoms with Crippen molar-refractivity contribution in [3.63, 3.8) is 0 Å². The number of thioether (sulfide) groups is 1. The maximum Gasteiger partial charge on any atom is 0.229 e. The molecule has 2 aliphatic rings. The van der Waals surface area contributed by atoms with E-state index in [4.69, 9.17) is 4.74 Å². The second-order valence-electron chi connectivity index (χ2n) is 4.94. The highest BCUT2D eigenvalue weighted by molar-refractivity contribution is 7.99. The normalized spacial score (nSPS) is 19.6. The Labute approximate surface area is 122 Å². The number of hydrogen-bond donors (Lipinski definition) is 0. The molecule has 0 saturated carbocycles. The predicted molar refractivity (Wildman–Crippen MR) is 78.2 cm³/mol. The van der Waals surface area contributed by atoms with Gasteiger partial charge in [-0.3, -0.25) is 4.79 Å². The third-order valence-electron chi connectivity index (χ3n) is 3.66. The molecule has 7 heteroatoms. The predicted octanol–water partition coefficient (Wildman–Crippen LogP) is 0.497. The third kappa shape index (κ3) is 2.67. The van der Waals surface area contributed by atoms with Crippen molar-refractivity contribution >= 4 is 23.6 Å². The van der Waals surface area contributed by atoms with Crippen LogP contribution in [-0.2, 0) is 4.79 Å². The maximum absolute atomic E-state index is 12.3. The fraction of sp³-hybridized carbons (Fsp3) is 0.615. The topological polar surface area (TPSA) is 58.6 Å².